The Bertz CT molecular complexity index is 473. The third-order valence-electron chi connectivity index (χ3n) is 4.59. The molecule has 0 spiro atoms. The number of aryl methyl sites for hydroxylation is 1. The maximum Gasteiger partial charge on any atom is 0.320 e. The summed E-state index contributed by atoms with van der Waals surface area (Å²) < 4.78 is 4.71. The van der Waals surface area contributed by atoms with Gasteiger partial charge >= 0.3 is 5.97 Å². The monoisotopic (exact) mass is 265 g/mol. The summed E-state index contributed by atoms with van der Waals surface area (Å²) in [7, 11) is 0. The number of carboxylic acids is 1. The first-order valence-electron chi connectivity index (χ1n) is 6.93. The van der Waals surface area contributed by atoms with Crippen molar-refractivity contribution in [2.24, 2.45) is 5.92 Å². The van der Waals surface area contributed by atoms with E-state index in [1.807, 2.05) is 6.92 Å². The average molecular weight is 265 g/mol. The summed E-state index contributed by atoms with van der Waals surface area (Å²) in [5.41, 5.74) is 1.51. The van der Waals surface area contributed by atoms with Gasteiger partial charge in [0, 0.05) is 12.6 Å². The van der Waals surface area contributed by atoms with E-state index in [-0.39, 0.29) is 6.04 Å². The molecule has 6 heteroatoms. The van der Waals surface area contributed by atoms with Gasteiger partial charge in [0.25, 0.3) is 0 Å². The van der Waals surface area contributed by atoms with Gasteiger partial charge in [0.2, 0.25) is 0 Å². The van der Waals surface area contributed by atoms with E-state index in [1.165, 1.54) is 12.8 Å². The molecule has 1 aromatic rings. The molecule has 1 saturated heterocycles. The van der Waals surface area contributed by atoms with Crippen LogP contribution < -0.4 is 0 Å². The molecule has 1 aromatic heterocycles. The fourth-order valence-corrected chi connectivity index (χ4v) is 3.59. The summed E-state index contributed by atoms with van der Waals surface area (Å²) in [6.07, 6.45) is 5.44. The van der Waals surface area contributed by atoms with Crippen LogP contribution in [0, 0.1) is 12.8 Å². The van der Waals surface area contributed by atoms with E-state index in [0.29, 0.717) is 18.5 Å². The zero-order chi connectivity index (χ0) is 13.4. The molecule has 0 radical (unpaired) electrons. The number of hydrogen-bond donors (Lipinski definition) is 1. The van der Waals surface area contributed by atoms with Crippen LogP contribution in [0.3, 0.4) is 0 Å². The fraction of sp³-hybridized carbons (Fsp3) is 0.769. The number of likely N-dealkylation sites (tertiary alicyclic amines) is 1. The zero-order valence-corrected chi connectivity index (χ0v) is 11.1. The number of aromatic nitrogens is 2. The molecular weight excluding hydrogens is 246 g/mol. The van der Waals surface area contributed by atoms with E-state index in [0.717, 1.165) is 30.7 Å². The Hall–Kier alpha value is -1.43. The lowest BCUT2D eigenvalue weighted by atomic mass is 9.85. The van der Waals surface area contributed by atoms with E-state index in [2.05, 4.69) is 15.2 Å². The van der Waals surface area contributed by atoms with E-state index < -0.39 is 5.97 Å². The summed E-state index contributed by atoms with van der Waals surface area (Å²) in [4.78, 5) is 13.6. The van der Waals surface area contributed by atoms with Crippen molar-refractivity contribution in [3.63, 3.8) is 0 Å². The molecule has 1 N–H and O–H groups in total. The Balaban J connectivity index is 1.82. The Morgan fingerprint density at radius 3 is 2.89 bits per heavy atom. The molecule has 0 aromatic carbocycles. The van der Waals surface area contributed by atoms with Crippen LogP contribution in [0.25, 0.3) is 0 Å². The highest BCUT2D eigenvalue weighted by Crippen LogP contribution is 2.40. The molecule has 2 fully saturated rings. The molecule has 1 aliphatic heterocycles. The second-order valence-corrected chi connectivity index (χ2v) is 5.67. The van der Waals surface area contributed by atoms with Crippen LogP contribution in [0.5, 0.6) is 0 Å². The van der Waals surface area contributed by atoms with E-state index >= 15 is 0 Å². The predicted octanol–water partition coefficient (Wildman–Crippen LogP) is 1.60. The maximum absolute atomic E-state index is 11.5. The SMILES string of the molecule is Cc1nonc1CN1C(C(=O)O)CC2CCCCC21. The van der Waals surface area contributed by atoms with Crippen LogP contribution in [-0.4, -0.2) is 38.4 Å². The Morgan fingerprint density at radius 2 is 2.21 bits per heavy atom. The van der Waals surface area contributed by atoms with Crippen LogP contribution in [-0.2, 0) is 11.3 Å². The molecule has 0 amide bonds. The second-order valence-electron chi connectivity index (χ2n) is 5.67. The third-order valence-corrected chi connectivity index (χ3v) is 4.59. The van der Waals surface area contributed by atoms with Gasteiger partial charge in [0.1, 0.15) is 17.4 Å². The first-order valence-corrected chi connectivity index (χ1v) is 6.93. The highest BCUT2D eigenvalue weighted by Gasteiger charge is 2.45. The minimum Gasteiger partial charge on any atom is -0.480 e. The highest BCUT2D eigenvalue weighted by molar-refractivity contribution is 5.74. The Morgan fingerprint density at radius 1 is 1.42 bits per heavy atom. The first kappa shape index (κ1) is 12.6. The number of carbonyl (C=O) groups is 1. The van der Waals surface area contributed by atoms with Crippen molar-refractivity contribution < 1.29 is 14.5 Å². The topological polar surface area (TPSA) is 79.5 Å². The molecule has 104 valence electrons. The predicted molar refractivity (Wildman–Crippen MR) is 66.4 cm³/mol. The van der Waals surface area contributed by atoms with Gasteiger partial charge in [-0.25, -0.2) is 4.63 Å². The molecule has 6 nitrogen and oxygen atoms in total. The number of carboxylic acid groups (broad SMARTS) is 1. The molecule has 0 bridgehead atoms. The van der Waals surface area contributed by atoms with Crippen molar-refractivity contribution in [2.75, 3.05) is 0 Å². The molecule has 2 heterocycles. The van der Waals surface area contributed by atoms with E-state index in [9.17, 15) is 9.90 Å². The Kier molecular flexibility index (Phi) is 3.26. The third kappa shape index (κ3) is 2.25. The standard InChI is InChI=1S/C13H19N3O3/c1-8-10(15-19-14-8)7-16-11-5-3-2-4-9(11)6-12(16)13(17)18/h9,11-12H,2-7H2,1H3,(H,17,18). The smallest absolute Gasteiger partial charge is 0.320 e. The molecule has 2 aliphatic rings. The molecule has 1 aliphatic carbocycles. The zero-order valence-electron chi connectivity index (χ0n) is 11.1. The minimum absolute atomic E-state index is 0.381. The van der Waals surface area contributed by atoms with Gasteiger partial charge in [-0.05, 0) is 32.1 Å². The Labute approximate surface area is 111 Å². The van der Waals surface area contributed by atoms with Gasteiger partial charge in [-0.15, -0.1) is 0 Å². The van der Waals surface area contributed by atoms with E-state index in [4.69, 9.17) is 4.63 Å². The van der Waals surface area contributed by atoms with Crippen molar-refractivity contribution in [2.45, 2.75) is 57.7 Å². The number of nitrogens with zero attached hydrogens (tertiary/aromatic N) is 3. The van der Waals surface area contributed by atoms with Crippen molar-refractivity contribution in [1.29, 1.82) is 0 Å². The summed E-state index contributed by atoms with van der Waals surface area (Å²) in [6.45, 7) is 2.38. The lowest BCUT2D eigenvalue weighted by Crippen LogP contribution is -2.41. The quantitative estimate of drug-likeness (QED) is 0.894. The van der Waals surface area contributed by atoms with E-state index in [1.54, 1.807) is 0 Å². The van der Waals surface area contributed by atoms with Crippen molar-refractivity contribution in [1.82, 2.24) is 15.2 Å². The molecule has 3 rings (SSSR count). The van der Waals surface area contributed by atoms with Gasteiger partial charge in [0.15, 0.2) is 0 Å². The van der Waals surface area contributed by atoms with Crippen LogP contribution in [0.2, 0.25) is 0 Å². The van der Waals surface area contributed by atoms with Gasteiger partial charge < -0.3 is 5.11 Å². The summed E-state index contributed by atoms with van der Waals surface area (Å²) in [5, 5.41) is 17.1. The molecule has 3 unspecified atom stereocenters. The summed E-state index contributed by atoms with van der Waals surface area (Å²) >= 11 is 0. The van der Waals surface area contributed by atoms with Gasteiger partial charge in [-0.1, -0.05) is 23.2 Å². The molecular formula is C13H19N3O3. The van der Waals surface area contributed by atoms with Gasteiger partial charge in [0.05, 0.1) is 0 Å². The number of aliphatic carboxylic acids is 1. The number of hydrogen-bond acceptors (Lipinski definition) is 5. The van der Waals surface area contributed by atoms with Crippen molar-refractivity contribution >= 4 is 5.97 Å². The van der Waals surface area contributed by atoms with Gasteiger partial charge in [-0.3, -0.25) is 9.69 Å². The van der Waals surface area contributed by atoms with Gasteiger partial charge in [-0.2, -0.15) is 0 Å². The van der Waals surface area contributed by atoms with Crippen LogP contribution >= 0.6 is 0 Å². The van der Waals surface area contributed by atoms with Crippen LogP contribution in [0.15, 0.2) is 4.63 Å². The second kappa shape index (κ2) is 4.92. The average Bonchev–Trinajstić information content (AvgIpc) is 2.95. The van der Waals surface area contributed by atoms with Crippen LogP contribution in [0.4, 0.5) is 0 Å². The highest BCUT2D eigenvalue weighted by atomic mass is 16.6. The summed E-state index contributed by atoms with van der Waals surface area (Å²) in [6, 6.07) is -0.00449. The molecule has 1 saturated carbocycles. The van der Waals surface area contributed by atoms with Crippen molar-refractivity contribution in [3.05, 3.63) is 11.4 Å². The lowest BCUT2D eigenvalue weighted by Gasteiger charge is -2.32. The molecule has 19 heavy (non-hydrogen) atoms. The summed E-state index contributed by atoms with van der Waals surface area (Å²) in [5.74, 6) is -0.196. The number of fused-ring (bicyclic) bond motifs is 1. The maximum atomic E-state index is 11.5. The van der Waals surface area contributed by atoms with Crippen molar-refractivity contribution in [3.8, 4) is 0 Å². The minimum atomic E-state index is -0.719. The number of rotatable bonds is 3. The largest absolute Gasteiger partial charge is 0.480 e. The normalized spacial score (nSPS) is 31.3. The fourth-order valence-electron chi connectivity index (χ4n) is 3.59. The van der Waals surface area contributed by atoms with Crippen LogP contribution in [0.1, 0.15) is 43.5 Å². The first-order chi connectivity index (χ1) is 9.16. The molecule has 3 atom stereocenters. The lowest BCUT2D eigenvalue weighted by molar-refractivity contribution is -0.142.